The Morgan fingerprint density at radius 1 is 0.647 bits per heavy atom. The molecule has 4 aromatic carbocycles. The zero-order chi connectivity index (χ0) is 23.2. The van der Waals surface area contributed by atoms with Crippen LogP contribution in [0, 0.1) is 6.92 Å². The smallest absolute Gasteiger partial charge is 0.0940 e. The molecule has 0 spiro atoms. The van der Waals surface area contributed by atoms with Crippen LogP contribution in [0.4, 0.5) is 5.69 Å². The van der Waals surface area contributed by atoms with Gasteiger partial charge in [0, 0.05) is 23.8 Å². The molecule has 0 aromatic heterocycles. The predicted octanol–water partition coefficient (Wildman–Crippen LogP) is 8.01. The second kappa shape index (κ2) is 6.83. The molecule has 34 heavy (non-hydrogen) atoms. The van der Waals surface area contributed by atoms with E-state index in [9.17, 15) is 0 Å². The zero-order valence-corrected chi connectivity index (χ0v) is 21.3. The molecule has 0 bridgehead atoms. The highest BCUT2D eigenvalue weighted by atomic mass is 28.3. The molecule has 0 saturated carbocycles. The third kappa shape index (κ3) is 2.44. The summed E-state index contributed by atoms with van der Waals surface area (Å²) in [4.78, 5) is 2.51. The monoisotopic (exact) mass is 455 g/mol. The first-order valence-electron chi connectivity index (χ1n) is 12.3. The lowest BCUT2D eigenvalue weighted by Gasteiger charge is -2.34. The first-order valence-corrected chi connectivity index (χ1v) is 15.4. The highest BCUT2D eigenvalue weighted by Crippen LogP contribution is 2.61. The molecule has 0 N–H and O–H groups in total. The Bertz CT molecular complexity index is 1480. The molecule has 0 saturated heterocycles. The Morgan fingerprint density at radius 3 is 1.85 bits per heavy atom. The summed E-state index contributed by atoms with van der Waals surface area (Å²) in [6.07, 6.45) is 0. The summed E-state index contributed by atoms with van der Waals surface area (Å²) in [5, 5.41) is 1.65. The molecular weight excluding hydrogens is 426 g/mol. The van der Waals surface area contributed by atoms with Gasteiger partial charge in [0.15, 0.2) is 0 Å². The zero-order valence-electron chi connectivity index (χ0n) is 20.3. The van der Waals surface area contributed by atoms with E-state index in [1.54, 1.807) is 10.8 Å². The Morgan fingerprint density at radius 2 is 1.21 bits per heavy atom. The lowest BCUT2D eigenvalue weighted by atomic mass is 10.0. The molecule has 1 nitrogen and oxygen atoms in total. The maximum absolute atomic E-state index is 2.62. The van der Waals surface area contributed by atoms with Crippen molar-refractivity contribution >= 4 is 24.5 Å². The summed E-state index contributed by atoms with van der Waals surface area (Å²) in [5.41, 5.74) is 15.0. The van der Waals surface area contributed by atoms with Crippen LogP contribution in [0.3, 0.4) is 0 Å². The van der Waals surface area contributed by atoms with Gasteiger partial charge in [0.25, 0.3) is 0 Å². The Labute approximate surface area is 203 Å². The number of likely N-dealkylation sites (N-methyl/N-ethyl adjacent to an activating group) is 1. The minimum Gasteiger partial charge on any atom is -0.363 e. The molecule has 1 heterocycles. The van der Waals surface area contributed by atoms with Gasteiger partial charge < -0.3 is 4.90 Å². The molecule has 2 aliphatic carbocycles. The van der Waals surface area contributed by atoms with Crippen molar-refractivity contribution in [3.8, 4) is 11.1 Å². The second-order valence-corrected chi connectivity index (χ2v) is 15.3. The van der Waals surface area contributed by atoms with Crippen LogP contribution < -0.4 is 4.90 Å². The number of aryl methyl sites for hydroxylation is 1. The topological polar surface area (TPSA) is 3.24 Å². The molecule has 2 heteroatoms. The molecule has 1 unspecified atom stereocenters. The average Bonchev–Trinajstić information content (AvgIpc) is 3.46. The highest BCUT2D eigenvalue weighted by molar-refractivity contribution is 6.98. The summed E-state index contributed by atoms with van der Waals surface area (Å²) in [5.74, 6) is 0. The van der Waals surface area contributed by atoms with E-state index < -0.39 is 8.07 Å². The van der Waals surface area contributed by atoms with Crippen molar-refractivity contribution in [1.29, 1.82) is 0 Å². The average molecular weight is 456 g/mol. The van der Waals surface area contributed by atoms with Crippen LogP contribution in [-0.2, 0) is 0 Å². The normalized spacial score (nSPS) is 18.0. The quantitative estimate of drug-likeness (QED) is 0.277. The number of fused-ring (bicyclic) bond motifs is 8. The van der Waals surface area contributed by atoms with Crippen molar-refractivity contribution in [3.05, 3.63) is 124 Å². The van der Waals surface area contributed by atoms with Gasteiger partial charge in [-0.25, -0.2) is 0 Å². The fourth-order valence-electron chi connectivity index (χ4n) is 7.17. The van der Waals surface area contributed by atoms with Gasteiger partial charge in [-0.2, -0.15) is 0 Å². The molecular formula is C32H29NSi. The third-order valence-electron chi connectivity index (χ3n) is 8.48. The van der Waals surface area contributed by atoms with E-state index >= 15 is 0 Å². The van der Waals surface area contributed by atoms with Crippen molar-refractivity contribution in [1.82, 2.24) is 0 Å². The first kappa shape index (κ1) is 20.0. The lowest BCUT2D eigenvalue weighted by molar-refractivity contribution is 0.870. The van der Waals surface area contributed by atoms with Crippen LogP contribution in [-0.4, -0.2) is 15.1 Å². The maximum atomic E-state index is 2.62. The number of benzene rings is 4. The summed E-state index contributed by atoms with van der Waals surface area (Å²) in [6.45, 7) is 7.46. The fourth-order valence-corrected chi connectivity index (χ4v) is 11.4. The Kier molecular flexibility index (Phi) is 4.03. The second-order valence-electron chi connectivity index (χ2n) is 10.7. The minimum absolute atomic E-state index is 0.321. The number of hydrogen-bond donors (Lipinski definition) is 0. The molecule has 1 atom stereocenters. The number of nitrogens with zero attached hydrogens (tertiary/aromatic N) is 1. The summed E-state index contributed by atoms with van der Waals surface area (Å²) in [6, 6.07) is 34.8. The van der Waals surface area contributed by atoms with Crippen LogP contribution in [0.2, 0.25) is 13.1 Å². The standard InChI is InChI=1S/C32H29NSi/c1-20-17-18-28-27(19-20)29-30(33(28)2)23-13-7-10-16-26(23)32(29)34(3,4)31-24-14-8-5-11-21(24)22-12-6-9-15-25(22)31/h5-19,30-31H,1-4H3. The van der Waals surface area contributed by atoms with Crippen LogP contribution in [0.1, 0.15) is 45.0 Å². The van der Waals surface area contributed by atoms with Gasteiger partial charge in [-0.15, -0.1) is 0 Å². The summed E-state index contributed by atoms with van der Waals surface area (Å²) < 4.78 is 0. The SMILES string of the molecule is Cc1ccc2c(c1)C1=C([Si](C)(C)C3c4ccccc4-c4ccccc43)c3ccccc3C1N2C. The third-order valence-corrected chi connectivity index (χ3v) is 12.4. The lowest BCUT2D eigenvalue weighted by Crippen LogP contribution is -2.37. The van der Waals surface area contributed by atoms with Crippen LogP contribution in [0.15, 0.2) is 91.0 Å². The summed E-state index contributed by atoms with van der Waals surface area (Å²) >= 11 is 0. The van der Waals surface area contributed by atoms with Gasteiger partial charge >= 0.3 is 0 Å². The molecule has 0 amide bonds. The van der Waals surface area contributed by atoms with Crippen LogP contribution in [0.25, 0.3) is 21.9 Å². The van der Waals surface area contributed by atoms with Crippen LogP contribution in [0.5, 0.6) is 0 Å². The molecule has 3 aliphatic rings. The Hall–Kier alpha value is -3.36. The van der Waals surface area contributed by atoms with Gasteiger partial charge in [0.05, 0.1) is 14.1 Å². The van der Waals surface area contributed by atoms with Gasteiger partial charge in [0.1, 0.15) is 0 Å². The molecule has 0 fully saturated rings. The molecule has 166 valence electrons. The first-order chi connectivity index (χ1) is 16.5. The molecule has 7 rings (SSSR count). The van der Waals surface area contributed by atoms with Crippen molar-refractivity contribution in [2.45, 2.75) is 31.6 Å². The number of anilines is 1. The summed E-state index contributed by atoms with van der Waals surface area (Å²) in [7, 11) is 0.239. The van der Waals surface area contributed by atoms with E-state index in [2.05, 4.69) is 123 Å². The maximum Gasteiger partial charge on any atom is 0.0940 e. The van der Waals surface area contributed by atoms with Gasteiger partial charge in [0.2, 0.25) is 0 Å². The highest BCUT2D eigenvalue weighted by Gasteiger charge is 2.50. The van der Waals surface area contributed by atoms with Gasteiger partial charge in [-0.3, -0.25) is 0 Å². The largest absolute Gasteiger partial charge is 0.363 e. The van der Waals surface area contributed by atoms with Crippen LogP contribution >= 0.6 is 0 Å². The van der Waals surface area contributed by atoms with E-state index in [1.165, 1.54) is 50.2 Å². The fraction of sp³-hybridized carbons (Fsp3) is 0.188. The van der Waals surface area contributed by atoms with E-state index in [0.29, 0.717) is 11.6 Å². The van der Waals surface area contributed by atoms with E-state index in [0.717, 1.165) is 0 Å². The molecule has 1 aliphatic heterocycles. The molecule has 4 aromatic rings. The number of rotatable bonds is 2. The minimum atomic E-state index is -2.04. The number of hydrogen-bond acceptors (Lipinski definition) is 1. The van der Waals surface area contributed by atoms with Crippen molar-refractivity contribution in [2.24, 2.45) is 0 Å². The Balaban J connectivity index is 1.54. The molecule has 0 radical (unpaired) electrons. The van der Waals surface area contributed by atoms with Gasteiger partial charge in [-0.1, -0.05) is 97.5 Å². The van der Waals surface area contributed by atoms with Crippen molar-refractivity contribution in [3.63, 3.8) is 0 Å². The van der Waals surface area contributed by atoms with E-state index in [-0.39, 0.29) is 0 Å². The van der Waals surface area contributed by atoms with Gasteiger partial charge in [-0.05, 0) is 63.2 Å². The van der Waals surface area contributed by atoms with E-state index in [1.807, 2.05) is 0 Å². The van der Waals surface area contributed by atoms with Crippen molar-refractivity contribution in [2.75, 3.05) is 11.9 Å². The van der Waals surface area contributed by atoms with E-state index in [4.69, 9.17) is 0 Å². The predicted molar refractivity (Wildman–Crippen MR) is 147 cm³/mol. The van der Waals surface area contributed by atoms with Crippen molar-refractivity contribution < 1.29 is 0 Å².